The van der Waals surface area contributed by atoms with E-state index in [1.165, 1.54) is 7.11 Å². The molecule has 0 bridgehead atoms. The van der Waals surface area contributed by atoms with E-state index in [4.69, 9.17) is 9.47 Å². The monoisotopic (exact) mass is 600 g/mol. The number of piperazine rings is 1. The van der Waals surface area contributed by atoms with Crippen molar-refractivity contribution >= 4 is 29.5 Å². The molecule has 0 radical (unpaired) electrons. The molecule has 0 spiro atoms. The molecule has 2 fully saturated rings. The van der Waals surface area contributed by atoms with Gasteiger partial charge in [-0.25, -0.2) is 14.6 Å². The Balaban J connectivity index is 1.03. The molecule has 2 aromatic carbocycles. The number of methoxy groups -OCH3 is 1. The summed E-state index contributed by atoms with van der Waals surface area (Å²) in [6.07, 6.45) is 2.29. The molecule has 44 heavy (non-hydrogen) atoms. The zero-order chi connectivity index (χ0) is 30.9. The molecule has 0 aliphatic carbocycles. The van der Waals surface area contributed by atoms with Crippen molar-refractivity contribution in [3.05, 3.63) is 78.6 Å². The number of pyridine rings is 1. The number of para-hydroxylation sites is 1. The maximum absolute atomic E-state index is 13.0. The van der Waals surface area contributed by atoms with E-state index in [-0.39, 0.29) is 18.1 Å². The lowest BCUT2D eigenvalue weighted by molar-refractivity contribution is 0.0539. The molecular weight excluding hydrogens is 560 g/mol. The number of likely N-dealkylation sites (tertiary alicyclic amines) is 1. The van der Waals surface area contributed by atoms with Crippen LogP contribution in [0.1, 0.15) is 23.3 Å². The van der Waals surface area contributed by atoms with E-state index < -0.39 is 6.09 Å². The molecule has 2 saturated heterocycles. The van der Waals surface area contributed by atoms with Crippen LogP contribution in [-0.2, 0) is 9.47 Å². The van der Waals surface area contributed by atoms with Crippen molar-refractivity contribution in [3.63, 3.8) is 0 Å². The minimum atomic E-state index is -0.445. The predicted octanol–water partition coefficient (Wildman–Crippen LogP) is 4.42. The highest BCUT2D eigenvalue weighted by Crippen LogP contribution is 2.28. The summed E-state index contributed by atoms with van der Waals surface area (Å²) in [5.74, 6) is -0.127. The van der Waals surface area contributed by atoms with Crippen molar-refractivity contribution in [3.8, 4) is 11.1 Å². The number of rotatable bonds is 8. The minimum absolute atomic E-state index is 0.127. The minimum Gasteiger partial charge on any atom is -0.453 e. The Morgan fingerprint density at radius 1 is 0.909 bits per heavy atom. The third-order valence-corrected chi connectivity index (χ3v) is 8.20. The number of nitrogens with one attached hydrogen (secondary N) is 1. The van der Waals surface area contributed by atoms with Gasteiger partial charge in [0.05, 0.1) is 24.7 Å². The third-order valence-electron chi connectivity index (χ3n) is 8.20. The number of likely N-dealkylation sites (N-methyl/N-ethyl adjacent to an activating group) is 1. The SMILES string of the molecule is COC(=O)N1CCN(c2ccc(C(=O)N(C)CCN3CCC(OC(=O)Nc4ccccc4-c4ccccc4)CC3)nc2)CC1. The van der Waals surface area contributed by atoms with Gasteiger partial charge in [0.1, 0.15) is 11.8 Å². The Morgan fingerprint density at radius 2 is 1.61 bits per heavy atom. The zero-order valence-corrected chi connectivity index (χ0v) is 25.4. The standard InChI is InChI=1S/C33H40N6O5/c1-36(31(40)30-13-12-26(24-34-30)38-20-22-39(23-21-38)33(42)43-2)18-19-37-16-14-27(15-17-37)44-32(41)35-29-11-7-6-10-28(29)25-8-4-3-5-9-25/h3-13,24,27H,14-23H2,1-2H3,(H,35,41). The molecule has 232 valence electrons. The summed E-state index contributed by atoms with van der Waals surface area (Å²) < 4.78 is 10.6. The van der Waals surface area contributed by atoms with Gasteiger partial charge in [-0.1, -0.05) is 48.5 Å². The second-order valence-electron chi connectivity index (χ2n) is 11.1. The van der Waals surface area contributed by atoms with Crippen molar-refractivity contribution in [1.29, 1.82) is 0 Å². The first-order valence-corrected chi connectivity index (χ1v) is 15.0. The maximum atomic E-state index is 13.0. The van der Waals surface area contributed by atoms with Crippen LogP contribution in [0.15, 0.2) is 72.9 Å². The molecule has 1 N–H and O–H groups in total. The molecule has 0 atom stereocenters. The van der Waals surface area contributed by atoms with Gasteiger partial charge in [0.2, 0.25) is 0 Å². The summed E-state index contributed by atoms with van der Waals surface area (Å²) >= 11 is 0. The van der Waals surface area contributed by atoms with Crippen LogP contribution < -0.4 is 10.2 Å². The summed E-state index contributed by atoms with van der Waals surface area (Å²) in [6.45, 7) is 5.39. The number of aromatic nitrogens is 1. The quantitative estimate of drug-likeness (QED) is 0.405. The first-order valence-electron chi connectivity index (χ1n) is 15.0. The van der Waals surface area contributed by atoms with Crippen LogP contribution >= 0.6 is 0 Å². The fourth-order valence-electron chi connectivity index (χ4n) is 5.57. The van der Waals surface area contributed by atoms with E-state index in [2.05, 4.69) is 20.1 Å². The topological polar surface area (TPSA) is 108 Å². The zero-order valence-electron chi connectivity index (χ0n) is 25.4. The first kappa shape index (κ1) is 30.8. The van der Waals surface area contributed by atoms with E-state index in [9.17, 15) is 14.4 Å². The van der Waals surface area contributed by atoms with Crippen molar-refractivity contribution in [1.82, 2.24) is 19.7 Å². The Bertz CT molecular complexity index is 1400. The highest BCUT2D eigenvalue weighted by Gasteiger charge is 2.25. The van der Waals surface area contributed by atoms with Crippen molar-refractivity contribution in [2.45, 2.75) is 18.9 Å². The number of ether oxygens (including phenoxy) is 2. The fourth-order valence-corrected chi connectivity index (χ4v) is 5.57. The normalized spacial score (nSPS) is 15.9. The summed E-state index contributed by atoms with van der Waals surface area (Å²) in [7, 11) is 3.18. The lowest BCUT2D eigenvalue weighted by Crippen LogP contribution is -2.48. The third kappa shape index (κ3) is 7.84. The van der Waals surface area contributed by atoms with Crippen molar-refractivity contribution < 1.29 is 23.9 Å². The molecule has 11 heteroatoms. The predicted molar refractivity (Wildman–Crippen MR) is 169 cm³/mol. The van der Waals surface area contributed by atoms with Gasteiger partial charge in [-0.15, -0.1) is 0 Å². The largest absolute Gasteiger partial charge is 0.453 e. The Morgan fingerprint density at radius 3 is 2.30 bits per heavy atom. The summed E-state index contributed by atoms with van der Waals surface area (Å²) in [6, 6.07) is 21.3. The Kier molecular flexibility index (Phi) is 10.3. The number of amides is 3. The van der Waals surface area contributed by atoms with Gasteiger partial charge < -0.3 is 29.1 Å². The molecule has 11 nitrogen and oxygen atoms in total. The lowest BCUT2D eigenvalue weighted by atomic mass is 10.0. The first-order chi connectivity index (χ1) is 21.4. The maximum Gasteiger partial charge on any atom is 0.411 e. The van der Waals surface area contributed by atoms with Gasteiger partial charge in [0.25, 0.3) is 5.91 Å². The average molecular weight is 601 g/mol. The van der Waals surface area contributed by atoms with Crippen LogP contribution in [-0.4, -0.2) is 110 Å². The van der Waals surface area contributed by atoms with Gasteiger partial charge in [-0.05, 0) is 36.6 Å². The molecule has 5 rings (SSSR count). The molecule has 1 aromatic heterocycles. The smallest absolute Gasteiger partial charge is 0.411 e. The molecular formula is C33H40N6O5. The molecule has 2 aliphatic heterocycles. The molecule has 3 aromatic rings. The Hall–Kier alpha value is -4.64. The molecule has 3 amide bonds. The van der Waals surface area contributed by atoms with E-state index in [0.29, 0.717) is 38.4 Å². The second-order valence-corrected chi connectivity index (χ2v) is 11.1. The number of hydrogen-bond donors (Lipinski definition) is 1. The average Bonchev–Trinajstić information content (AvgIpc) is 3.08. The second kappa shape index (κ2) is 14.7. The number of anilines is 2. The van der Waals surface area contributed by atoms with Crippen LogP contribution in [0.3, 0.4) is 0 Å². The van der Waals surface area contributed by atoms with Gasteiger partial charge >= 0.3 is 12.2 Å². The van der Waals surface area contributed by atoms with Gasteiger partial charge in [0.15, 0.2) is 0 Å². The highest BCUT2D eigenvalue weighted by atomic mass is 16.6. The molecule has 3 heterocycles. The van der Waals surface area contributed by atoms with Crippen LogP contribution in [0.2, 0.25) is 0 Å². The molecule has 0 unspecified atom stereocenters. The molecule has 2 aliphatic rings. The summed E-state index contributed by atoms with van der Waals surface area (Å²) in [5.41, 5.74) is 4.02. The number of carbonyl (C=O) groups excluding carboxylic acids is 3. The summed E-state index contributed by atoms with van der Waals surface area (Å²) in [4.78, 5) is 49.7. The number of carbonyl (C=O) groups is 3. The van der Waals surface area contributed by atoms with Crippen LogP contribution in [0.5, 0.6) is 0 Å². The van der Waals surface area contributed by atoms with Gasteiger partial charge in [-0.2, -0.15) is 0 Å². The van der Waals surface area contributed by atoms with E-state index in [0.717, 1.165) is 55.0 Å². The summed E-state index contributed by atoms with van der Waals surface area (Å²) in [5, 5.41) is 2.92. The van der Waals surface area contributed by atoms with Crippen molar-refractivity contribution in [2.75, 3.05) is 76.7 Å². The van der Waals surface area contributed by atoms with E-state index in [1.807, 2.05) is 60.7 Å². The molecule has 0 saturated carbocycles. The number of benzene rings is 2. The van der Waals surface area contributed by atoms with Crippen LogP contribution in [0.4, 0.5) is 21.0 Å². The highest BCUT2D eigenvalue weighted by molar-refractivity contribution is 5.92. The Labute approximate surface area is 258 Å². The van der Waals surface area contributed by atoms with Crippen molar-refractivity contribution in [2.24, 2.45) is 0 Å². The van der Waals surface area contributed by atoms with E-state index >= 15 is 0 Å². The van der Waals surface area contributed by atoms with Gasteiger partial charge in [-0.3, -0.25) is 10.1 Å². The number of piperidine rings is 1. The number of nitrogens with zero attached hydrogens (tertiary/aromatic N) is 5. The number of hydrogen-bond acceptors (Lipinski definition) is 8. The fraction of sp³-hybridized carbons (Fsp3) is 0.394. The van der Waals surface area contributed by atoms with Crippen LogP contribution in [0.25, 0.3) is 11.1 Å². The van der Waals surface area contributed by atoms with Crippen LogP contribution in [0, 0.1) is 0 Å². The van der Waals surface area contributed by atoms with E-state index in [1.54, 1.807) is 29.1 Å². The van der Waals surface area contributed by atoms with Gasteiger partial charge in [0, 0.05) is 65.0 Å². The lowest BCUT2D eigenvalue weighted by Gasteiger charge is -2.35.